The molecule has 0 atom stereocenters. The zero-order valence-corrected chi connectivity index (χ0v) is 18.2. The number of carbonyl (C=O) groups excluding carboxylic acids is 2. The predicted molar refractivity (Wildman–Crippen MR) is 121 cm³/mol. The van der Waals surface area contributed by atoms with Crippen molar-refractivity contribution in [2.75, 3.05) is 19.9 Å². The summed E-state index contributed by atoms with van der Waals surface area (Å²) in [6.45, 7) is 4.81. The quantitative estimate of drug-likeness (QED) is 0.565. The van der Waals surface area contributed by atoms with Crippen LogP contribution >= 0.6 is 24.0 Å². The van der Waals surface area contributed by atoms with E-state index in [1.165, 1.54) is 16.7 Å². The van der Waals surface area contributed by atoms with Crippen LogP contribution in [-0.2, 0) is 4.79 Å². The number of carbonyl (C=O) groups is 2. The summed E-state index contributed by atoms with van der Waals surface area (Å²) in [5.41, 5.74) is 3.64. The Labute approximate surface area is 184 Å². The zero-order chi connectivity index (χ0) is 21.3. The van der Waals surface area contributed by atoms with Crippen LogP contribution in [0.15, 0.2) is 41.3 Å². The Balaban J connectivity index is 1.37. The molecule has 0 saturated carbocycles. The minimum absolute atomic E-state index is 0.164. The molecule has 154 valence electrons. The number of aryl methyl sites for hydroxylation is 2. The van der Waals surface area contributed by atoms with Crippen molar-refractivity contribution in [1.29, 1.82) is 0 Å². The van der Waals surface area contributed by atoms with Crippen molar-refractivity contribution in [3.63, 3.8) is 0 Å². The van der Waals surface area contributed by atoms with E-state index in [1.807, 2.05) is 44.2 Å². The van der Waals surface area contributed by atoms with Gasteiger partial charge in [0, 0.05) is 18.7 Å². The number of hydrogen-bond donors (Lipinski definition) is 1. The van der Waals surface area contributed by atoms with Crippen molar-refractivity contribution in [3.05, 3.63) is 63.6 Å². The standard InChI is InChI=1S/C22H20N2O4S2/c1-13-3-5-16(9-14(13)2)20(25)23-7-8-24-21(26)19(30-22(24)29)11-15-4-6-17-18(10-15)28-12-27-17/h3-6,9-11H,7-8,12H2,1-2H3,(H,23,25). The van der Waals surface area contributed by atoms with E-state index in [4.69, 9.17) is 21.7 Å². The highest BCUT2D eigenvalue weighted by Gasteiger charge is 2.31. The lowest BCUT2D eigenvalue weighted by Crippen LogP contribution is -2.37. The van der Waals surface area contributed by atoms with Crippen LogP contribution in [0.4, 0.5) is 0 Å². The van der Waals surface area contributed by atoms with Gasteiger partial charge in [-0.05, 0) is 60.9 Å². The number of benzene rings is 2. The molecule has 2 aromatic rings. The van der Waals surface area contributed by atoms with Gasteiger partial charge in [-0.25, -0.2) is 0 Å². The molecule has 2 aliphatic heterocycles. The molecule has 0 unspecified atom stereocenters. The van der Waals surface area contributed by atoms with Crippen LogP contribution < -0.4 is 14.8 Å². The molecular weight excluding hydrogens is 420 g/mol. The lowest BCUT2D eigenvalue weighted by atomic mass is 10.1. The highest BCUT2D eigenvalue weighted by molar-refractivity contribution is 8.26. The first kappa shape index (κ1) is 20.4. The van der Waals surface area contributed by atoms with Gasteiger partial charge < -0.3 is 14.8 Å². The summed E-state index contributed by atoms with van der Waals surface area (Å²) in [4.78, 5) is 27.2. The van der Waals surface area contributed by atoms with Crippen molar-refractivity contribution < 1.29 is 19.1 Å². The van der Waals surface area contributed by atoms with E-state index < -0.39 is 0 Å². The molecule has 0 spiro atoms. The fourth-order valence-electron chi connectivity index (χ4n) is 3.11. The highest BCUT2D eigenvalue weighted by atomic mass is 32.2. The van der Waals surface area contributed by atoms with E-state index in [0.717, 1.165) is 16.7 Å². The Hall–Kier alpha value is -2.84. The minimum atomic E-state index is -0.167. The maximum Gasteiger partial charge on any atom is 0.266 e. The molecule has 2 aliphatic rings. The third kappa shape index (κ3) is 4.20. The summed E-state index contributed by atoms with van der Waals surface area (Å²) >= 11 is 6.62. The second-order valence-corrected chi connectivity index (χ2v) is 8.68. The molecule has 0 radical (unpaired) electrons. The summed E-state index contributed by atoms with van der Waals surface area (Å²) in [5.74, 6) is 1.02. The monoisotopic (exact) mass is 440 g/mol. The van der Waals surface area contributed by atoms with Gasteiger partial charge in [-0.15, -0.1) is 0 Å². The van der Waals surface area contributed by atoms with Gasteiger partial charge in [0.15, 0.2) is 11.5 Å². The molecule has 2 heterocycles. The Morgan fingerprint density at radius 3 is 2.77 bits per heavy atom. The average molecular weight is 441 g/mol. The van der Waals surface area contributed by atoms with E-state index >= 15 is 0 Å². The van der Waals surface area contributed by atoms with E-state index in [2.05, 4.69) is 5.32 Å². The summed E-state index contributed by atoms with van der Waals surface area (Å²) in [7, 11) is 0. The third-order valence-corrected chi connectivity index (χ3v) is 6.34. The number of ether oxygens (including phenoxy) is 2. The second-order valence-electron chi connectivity index (χ2n) is 7.00. The molecule has 0 aliphatic carbocycles. The van der Waals surface area contributed by atoms with Gasteiger partial charge in [0.1, 0.15) is 4.32 Å². The lowest BCUT2D eigenvalue weighted by molar-refractivity contribution is -0.122. The first-order valence-electron chi connectivity index (χ1n) is 9.43. The molecular formula is C22H20N2O4S2. The van der Waals surface area contributed by atoms with Crippen molar-refractivity contribution in [2.45, 2.75) is 13.8 Å². The third-order valence-electron chi connectivity index (χ3n) is 4.96. The summed E-state index contributed by atoms with van der Waals surface area (Å²) in [5, 5.41) is 2.85. The van der Waals surface area contributed by atoms with Gasteiger partial charge >= 0.3 is 0 Å². The number of thiocarbonyl (C=S) groups is 1. The van der Waals surface area contributed by atoms with Gasteiger partial charge in [-0.1, -0.05) is 36.1 Å². The maximum absolute atomic E-state index is 12.8. The Bertz CT molecular complexity index is 1080. The number of nitrogens with one attached hydrogen (secondary N) is 1. The first-order chi connectivity index (χ1) is 14.4. The molecule has 30 heavy (non-hydrogen) atoms. The minimum Gasteiger partial charge on any atom is -0.454 e. The van der Waals surface area contributed by atoms with Gasteiger partial charge in [0.05, 0.1) is 4.91 Å². The number of nitrogens with zero attached hydrogens (tertiary/aromatic N) is 1. The van der Waals surface area contributed by atoms with E-state index in [9.17, 15) is 9.59 Å². The topological polar surface area (TPSA) is 67.9 Å². The molecule has 1 fully saturated rings. The van der Waals surface area contributed by atoms with Crippen LogP contribution in [0.25, 0.3) is 6.08 Å². The van der Waals surface area contributed by atoms with Crippen LogP contribution in [0.5, 0.6) is 11.5 Å². The van der Waals surface area contributed by atoms with Crippen molar-refractivity contribution in [2.24, 2.45) is 0 Å². The normalized spacial score (nSPS) is 16.5. The molecule has 2 aromatic carbocycles. The van der Waals surface area contributed by atoms with Gasteiger partial charge in [-0.3, -0.25) is 14.5 Å². The smallest absolute Gasteiger partial charge is 0.266 e. The van der Waals surface area contributed by atoms with Gasteiger partial charge in [0.25, 0.3) is 11.8 Å². The molecule has 0 bridgehead atoms. The molecule has 2 amide bonds. The zero-order valence-electron chi connectivity index (χ0n) is 16.6. The number of rotatable bonds is 5. The number of amides is 2. The van der Waals surface area contributed by atoms with Crippen molar-refractivity contribution >= 4 is 46.2 Å². The number of thioether (sulfide) groups is 1. The molecule has 6 nitrogen and oxygen atoms in total. The highest BCUT2D eigenvalue weighted by Crippen LogP contribution is 2.36. The molecule has 0 aromatic heterocycles. The van der Waals surface area contributed by atoms with E-state index in [-0.39, 0.29) is 18.6 Å². The lowest BCUT2D eigenvalue weighted by Gasteiger charge is -2.15. The number of fused-ring (bicyclic) bond motifs is 1. The maximum atomic E-state index is 12.8. The summed E-state index contributed by atoms with van der Waals surface area (Å²) in [6.07, 6.45) is 1.79. The van der Waals surface area contributed by atoms with Crippen LogP contribution in [0.2, 0.25) is 0 Å². The van der Waals surface area contributed by atoms with Crippen molar-refractivity contribution in [1.82, 2.24) is 10.2 Å². The van der Waals surface area contributed by atoms with E-state index in [0.29, 0.717) is 39.4 Å². The summed E-state index contributed by atoms with van der Waals surface area (Å²) in [6, 6.07) is 11.1. The molecule has 1 N–H and O–H groups in total. The molecule has 4 rings (SSSR count). The Kier molecular flexibility index (Phi) is 5.78. The molecule has 8 heteroatoms. The number of hydrogen-bond acceptors (Lipinski definition) is 6. The van der Waals surface area contributed by atoms with Crippen LogP contribution in [0.1, 0.15) is 27.0 Å². The van der Waals surface area contributed by atoms with Crippen LogP contribution in [0.3, 0.4) is 0 Å². The largest absolute Gasteiger partial charge is 0.454 e. The van der Waals surface area contributed by atoms with E-state index in [1.54, 1.807) is 12.1 Å². The fraction of sp³-hybridized carbons (Fsp3) is 0.227. The fourth-order valence-corrected chi connectivity index (χ4v) is 4.42. The summed E-state index contributed by atoms with van der Waals surface area (Å²) < 4.78 is 11.2. The predicted octanol–water partition coefficient (Wildman–Crippen LogP) is 3.66. The molecule has 1 saturated heterocycles. The van der Waals surface area contributed by atoms with Crippen LogP contribution in [0, 0.1) is 13.8 Å². The SMILES string of the molecule is Cc1ccc(C(=O)NCCN2C(=O)C(=Cc3ccc4c(c3)OCO4)SC2=S)cc1C. The van der Waals surface area contributed by atoms with Crippen LogP contribution in [-0.4, -0.2) is 40.9 Å². The van der Waals surface area contributed by atoms with Gasteiger partial charge in [0.2, 0.25) is 6.79 Å². The Morgan fingerprint density at radius 1 is 1.17 bits per heavy atom. The van der Waals surface area contributed by atoms with Gasteiger partial charge in [-0.2, -0.15) is 0 Å². The average Bonchev–Trinajstić information content (AvgIpc) is 3.29. The Morgan fingerprint density at radius 2 is 1.97 bits per heavy atom. The second kappa shape index (κ2) is 8.49. The van der Waals surface area contributed by atoms with Crippen molar-refractivity contribution in [3.8, 4) is 11.5 Å². The first-order valence-corrected chi connectivity index (χ1v) is 10.7.